The van der Waals surface area contributed by atoms with E-state index in [0.717, 1.165) is 10.8 Å². The van der Waals surface area contributed by atoms with Crippen molar-refractivity contribution in [1.82, 2.24) is 9.55 Å². The number of aromatic nitrogens is 2. The highest BCUT2D eigenvalue weighted by Crippen LogP contribution is 2.06. The molecule has 3 heteroatoms. The zero-order valence-electron chi connectivity index (χ0n) is 12.7. The lowest BCUT2D eigenvalue weighted by Crippen LogP contribution is -2.13. The maximum atomic E-state index is 11.2. The molecule has 0 aromatic carbocycles. The summed E-state index contributed by atoms with van der Waals surface area (Å²) in [4.78, 5) is 15.1. The van der Waals surface area contributed by atoms with Crippen LogP contribution in [0.4, 0.5) is 0 Å². The molecule has 0 unspecified atom stereocenters. The van der Waals surface area contributed by atoms with Gasteiger partial charge in [0, 0.05) is 37.1 Å². The van der Waals surface area contributed by atoms with Crippen molar-refractivity contribution in [2.75, 3.05) is 0 Å². The maximum Gasteiger partial charge on any atom is 0.250 e. The Morgan fingerprint density at radius 1 is 1.00 bits per heavy atom. The number of hydrogen-bond acceptors (Lipinski definition) is 2. The average molecular weight is 250 g/mol. The van der Waals surface area contributed by atoms with Crippen LogP contribution in [0, 0.1) is 0 Å². The van der Waals surface area contributed by atoms with E-state index < -0.39 is 0 Å². The Hall–Kier alpha value is -1.64. The molecule has 0 fully saturated rings. The highest BCUT2D eigenvalue weighted by molar-refractivity contribution is 5.80. The first-order chi connectivity index (χ1) is 8.77. The lowest BCUT2D eigenvalue weighted by Gasteiger charge is -1.98. The van der Waals surface area contributed by atoms with Crippen LogP contribution < -0.4 is 5.56 Å². The molecule has 0 aliphatic rings. The Morgan fingerprint density at radius 2 is 1.56 bits per heavy atom. The van der Waals surface area contributed by atoms with Gasteiger partial charge in [0.2, 0.25) is 0 Å². The van der Waals surface area contributed by atoms with Gasteiger partial charge in [-0.1, -0.05) is 41.5 Å². The van der Waals surface area contributed by atoms with Crippen molar-refractivity contribution in [2.24, 2.45) is 7.05 Å². The normalized spacial score (nSPS) is 7.94. The maximum absolute atomic E-state index is 11.2. The molecule has 0 bridgehead atoms. The van der Waals surface area contributed by atoms with Gasteiger partial charge in [-0.2, -0.15) is 0 Å². The molecule has 0 aliphatic heterocycles. The fourth-order valence-electron chi connectivity index (χ4n) is 1.16. The van der Waals surface area contributed by atoms with E-state index in [1.807, 2.05) is 47.6 Å². The largest absolute Gasteiger partial charge is 0.318 e. The van der Waals surface area contributed by atoms with Gasteiger partial charge in [0.1, 0.15) is 0 Å². The van der Waals surface area contributed by atoms with E-state index in [2.05, 4.69) is 4.98 Å². The molecule has 2 rings (SSSR count). The quantitative estimate of drug-likeness (QED) is 0.708. The fraction of sp³-hybridized carbons (Fsp3) is 0.467. The van der Waals surface area contributed by atoms with Gasteiger partial charge in [-0.3, -0.25) is 9.78 Å². The lowest BCUT2D eigenvalue weighted by atomic mass is 10.2. The first-order valence-corrected chi connectivity index (χ1v) is 6.68. The molecule has 3 nitrogen and oxygen atoms in total. The molecule has 102 valence electrons. The molecule has 0 amide bonds. The lowest BCUT2D eigenvalue weighted by molar-refractivity contribution is 0.870. The number of nitrogens with zero attached hydrogens (tertiary/aromatic N) is 2. The second kappa shape index (κ2) is 11.8. The van der Waals surface area contributed by atoms with Gasteiger partial charge in [0.05, 0.1) is 0 Å². The van der Waals surface area contributed by atoms with E-state index in [1.54, 1.807) is 36.3 Å². The van der Waals surface area contributed by atoms with E-state index in [9.17, 15) is 4.79 Å². The van der Waals surface area contributed by atoms with Crippen LogP contribution in [-0.4, -0.2) is 9.55 Å². The van der Waals surface area contributed by atoms with Crippen molar-refractivity contribution >= 4 is 10.8 Å². The number of aryl methyl sites for hydroxylation is 1. The Morgan fingerprint density at radius 3 is 2.11 bits per heavy atom. The molecule has 0 radical (unpaired) electrons. The van der Waals surface area contributed by atoms with Crippen molar-refractivity contribution in [2.45, 2.75) is 41.5 Å². The Bertz CT molecular complexity index is 475. The van der Waals surface area contributed by atoms with E-state index in [0.29, 0.717) is 0 Å². The molecule has 0 saturated carbocycles. The van der Waals surface area contributed by atoms with Crippen LogP contribution in [0.15, 0.2) is 35.5 Å². The second-order valence-corrected chi connectivity index (χ2v) is 2.73. The predicted octanol–water partition coefficient (Wildman–Crippen LogP) is 4.01. The van der Waals surface area contributed by atoms with Crippen molar-refractivity contribution in [3.63, 3.8) is 0 Å². The van der Waals surface area contributed by atoms with Gasteiger partial charge in [-0.05, 0) is 11.5 Å². The highest BCUT2D eigenvalue weighted by atomic mass is 16.1. The monoisotopic (exact) mass is 250 g/mol. The van der Waals surface area contributed by atoms with Gasteiger partial charge in [-0.15, -0.1) is 0 Å². The Kier molecular flexibility index (Phi) is 12.3. The minimum atomic E-state index is 0.00806. The minimum absolute atomic E-state index is 0.00806. The molecule has 0 N–H and O–H groups in total. The molecule has 2 aromatic heterocycles. The molecule has 0 saturated heterocycles. The molecular formula is C15H26N2O. The summed E-state index contributed by atoms with van der Waals surface area (Å²) in [5, 5.41) is 1.92. The van der Waals surface area contributed by atoms with Crippen molar-refractivity contribution in [3.8, 4) is 0 Å². The summed E-state index contributed by atoms with van der Waals surface area (Å²) in [7, 11) is 1.73. The summed E-state index contributed by atoms with van der Waals surface area (Å²) in [5.74, 6) is 0. The molecule has 0 aliphatic carbocycles. The van der Waals surface area contributed by atoms with Gasteiger partial charge in [0.15, 0.2) is 0 Å². The average Bonchev–Trinajstić information content (AvgIpc) is 2.47. The SMILES string of the molecule is CC.CC.CC.Cn1cc2cnccc2cc1=O. The molecule has 2 heterocycles. The van der Waals surface area contributed by atoms with E-state index in [-0.39, 0.29) is 5.56 Å². The van der Waals surface area contributed by atoms with Crippen LogP contribution >= 0.6 is 0 Å². The zero-order valence-corrected chi connectivity index (χ0v) is 12.7. The highest BCUT2D eigenvalue weighted by Gasteiger charge is 1.94. The van der Waals surface area contributed by atoms with Crippen LogP contribution in [0.3, 0.4) is 0 Å². The van der Waals surface area contributed by atoms with Crippen LogP contribution in [0.1, 0.15) is 41.5 Å². The summed E-state index contributed by atoms with van der Waals surface area (Å²) in [6, 6.07) is 3.44. The number of rotatable bonds is 0. The Labute approximate surface area is 110 Å². The molecule has 0 atom stereocenters. The number of fused-ring (bicyclic) bond motifs is 1. The van der Waals surface area contributed by atoms with E-state index in [4.69, 9.17) is 0 Å². The molecule has 0 spiro atoms. The van der Waals surface area contributed by atoms with Crippen LogP contribution in [0.2, 0.25) is 0 Å². The Balaban J connectivity index is 0. The number of hydrogen-bond donors (Lipinski definition) is 0. The first kappa shape index (κ1) is 18.7. The van der Waals surface area contributed by atoms with Crippen molar-refractivity contribution in [3.05, 3.63) is 41.1 Å². The standard InChI is InChI=1S/C9H8N2O.3C2H6/c1-11-6-8-5-10-3-2-7(8)4-9(11)12;3*1-2/h2-6H,1H3;3*1-2H3. The smallest absolute Gasteiger partial charge is 0.250 e. The minimum Gasteiger partial charge on any atom is -0.318 e. The van der Waals surface area contributed by atoms with Gasteiger partial charge >= 0.3 is 0 Å². The van der Waals surface area contributed by atoms with Gasteiger partial charge < -0.3 is 4.57 Å². The third-order valence-corrected chi connectivity index (χ3v) is 1.85. The fourth-order valence-corrected chi connectivity index (χ4v) is 1.16. The summed E-state index contributed by atoms with van der Waals surface area (Å²) in [6.45, 7) is 12.0. The number of pyridine rings is 2. The van der Waals surface area contributed by atoms with E-state index >= 15 is 0 Å². The van der Waals surface area contributed by atoms with Crippen LogP contribution in [0.25, 0.3) is 10.8 Å². The first-order valence-electron chi connectivity index (χ1n) is 6.68. The summed E-state index contributed by atoms with van der Waals surface area (Å²) in [6.07, 6.45) is 5.21. The summed E-state index contributed by atoms with van der Waals surface area (Å²) >= 11 is 0. The third-order valence-electron chi connectivity index (χ3n) is 1.85. The summed E-state index contributed by atoms with van der Waals surface area (Å²) < 4.78 is 1.55. The van der Waals surface area contributed by atoms with Crippen molar-refractivity contribution in [1.29, 1.82) is 0 Å². The molecule has 2 aromatic rings. The van der Waals surface area contributed by atoms with Gasteiger partial charge in [-0.25, -0.2) is 0 Å². The van der Waals surface area contributed by atoms with Crippen LogP contribution in [0.5, 0.6) is 0 Å². The van der Waals surface area contributed by atoms with Crippen molar-refractivity contribution < 1.29 is 0 Å². The molecular weight excluding hydrogens is 224 g/mol. The second-order valence-electron chi connectivity index (χ2n) is 2.73. The zero-order chi connectivity index (χ0) is 14.6. The van der Waals surface area contributed by atoms with E-state index in [1.165, 1.54) is 0 Å². The predicted molar refractivity (Wildman–Crippen MR) is 81.0 cm³/mol. The van der Waals surface area contributed by atoms with Crippen LogP contribution in [-0.2, 0) is 7.05 Å². The topological polar surface area (TPSA) is 34.9 Å². The summed E-state index contributed by atoms with van der Waals surface area (Å²) in [5.41, 5.74) is 0.00806. The molecule has 18 heavy (non-hydrogen) atoms. The third kappa shape index (κ3) is 5.62. The van der Waals surface area contributed by atoms with Gasteiger partial charge in [0.25, 0.3) is 5.56 Å².